The summed E-state index contributed by atoms with van der Waals surface area (Å²) in [6, 6.07) is 12.5. The number of hydrogen-bond donors (Lipinski definition) is 0. The lowest BCUT2D eigenvalue weighted by Crippen LogP contribution is -2.26. The summed E-state index contributed by atoms with van der Waals surface area (Å²) in [5.41, 5.74) is 3.47. The molecule has 0 aliphatic rings. The standard InChI is InChI=1S/C18H20FNO/c1-13-8-9-16(14(2)10-13)18(21)12-20(3)11-15-6-4-5-7-17(15)19/h4-10H,11-12H2,1-3H3. The van der Waals surface area contributed by atoms with Crippen LogP contribution in [0, 0.1) is 19.7 Å². The van der Waals surface area contributed by atoms with Crippen LogP contribution >= 0.6 is 0 Å². The first-order valence-corrected chi connectivity index (χ1v) is 7.00. The molecule has 2 aromatic carbocycles. The third kappa shape index (κ3) is 3.99. The number of likely N-dealkylation sites (N-methyl/N-ethyl adjacent to an activating group) is 1. The summed E-state index contributed by atoms with van der Waals surface area (Å²) in [4.78, 5) is 14.2. The van der Waals surface area contributed by atoms with E-state index < -0.39 is 0 Å². The predicted molar refractivity (Wildman–Crippen MR) is 83.0 cm³/mol. The first kappa shape index (κ1) is 15.4. The van der Waals surface area contributed by atoms with Crippen molar-refractivity contribution in [2.45, 2.75) is 20.4 Å². The lowest BCUT2D eigenvalue weighted by atomic mass is 10.0. The molecule has 2 rings (SSSR count). The number of carbonyl (C=O) groups excluding carboxylic acids is 1. The molecule has 0 aliphatic carbocycles. The average molecular weight is 285 g/mol. The average Bonchev–Trinajstić information content (AvgIpc) is 2.41. The minimum absolute atomic E-state index is 0.0614. The zero-order chi connectivity index (χ0) is 15.4. The van der Waals surface area contributed by atoms with Gasteiger partial charge >= 0.3 is 0 Å². The molecule has 0 N–H and O–H groups in total. The zero-order valence-electron chi connectivity index (χ0n) is 12.7. The van der Waals surface area contributed by atoms with Crippen molar-refractivity contribution in [2.75, 3.05) is 13.6 Å². The van der Waals surface area contributed by atoms with Crippen molar-refractivity contribution in [2.24, 2.45) is 0 Å². The molecule has 2 nitrogen and oxygen atoms in total. The van der Waals surface area contributed by atoms with Gasteiger partial charge in [-0.05, 0) is 32.5 Å². The Bertz CT molecular complexity index is 651. The molecule has 0 amide bonds. The van der Waals surface area contributed by atoms with Crippen LogP contribution in [0.15, 0.2) is 42.5 Å². The van der Waals surface area contributed by atoms with Crippen LogP contribution in [0.25, 0.3) is 0 Å². The highest BCUT2D eigenvalue weighted by atomic mass is 19.1. The molecule has 0 unspecified atom stereocenters. The van der Waals surface area contributed by atoms with E-state index in [1.807, 2.05) is 44.0 Å². The summed E-state index contributed by atoms with van der Waals surface area (Å²) >= 11 is 0. The Morgan fingerprint density at radius 1 is 1.14 bits per heavy atom. The molecule has 3 heteroatoms. The first-order valence-electron chi connectivity index (χ1n) is 7.00. The highest BCUT2D eigenvalue weighted by Crippen LogP contribution is 2.13. The van der Waals surface area contributed by atoms with E-state index in [4.69, 9.17) is 0 Å². The summed E-state index contributed by atoms with van der Waals surface area (Å²) in [5.74, 6) is -0.172. The first-order chi connectivity index (χ1) is 9.97. The SMILES string of the molecule is Cc1ccc(C(=O)CN(C)Cc2ccccc2F)c(C)c1. The smallest absolute Gasteiger partial charge is 0.177 e. The van der Waals surface area contributed by atoms with Gasteiger partial charge in [0.25, 0.3) is 0 Å². The number of hydrogen-bond acceptors (Lipinski definition) is 2. The Kier molecular flexibility index (Phi) is 4.86. The third-order valence-corrected chi connectivity index (χ3v) is 3.49. The van der Waals surface area contributed by atoms with E-state index in [9.17, 15) is 9.18 Å². The van der Waals surface area contributed by atoms with Gasteiger partial charge in [-0.3, -0.25) is 9.69 Å². The van der Waals surface area contributed by atoms with E-state index in [1.165, 1.54) is 6.07 Å². The fourth-order valence-electron chi connectivity index (χ4n) is 2.43. The number of halogens is 1. The van der Waals surface area contributed by atoms with E-state index >= 15 is 0 Å². The molecule has 0 bridgehead atoms. The number of benzene rings is 2. The van der Waals surface area contributed by atoms with Crippen LogP contribution in [-0.2, 0) is 6.54 Å². The van der Waals surface area contributed by atoms with Crippen molar-refractivity contribution < 1.29 is 9.18 Å². The zero-order valence-corrected chi connectivity index (χ0v) is 12.7. The number of Topliss-reactive ketones (excluding diaryl/α,β-unsaturated/α-hetero) is 1. The van der Waals surface area contributed by atoms with Crippen molar-refractivity contribution >= 4 is 5.78 Å². The number of ketones is 1. The normalized spacial score (nSPS) is 10.9. The van der Waals surface area contributed by atoms with Gasteiger partial charge in [-0.25, -0.2) is 4.39 Å². The van der Waals surface area contributed by atoms with Gasteiger partial charge in [-0.1, -0.05) is 42.0 Å². The second kappa shape index (κ2) is 6.64. The van der Waals surface area contributed by atoms with Crippen LogP contribution in [0.2, 0.25) is 0 Å². The minimum Gasteiger partial charge on any atom is -0.294 e. The molecular formula is C18H20FNO. The van der Waals surface area contributed by atoms with Crippen LogP contribution in [0.5, 0.6) is 0 Å². The van der Waals surface area contributed by atoms with E-state index in [-0.39, 0.29) is 18.1 Å². The van der Waals surface area contributed by atoms with E-state index in [0.29, 0.717) is 12.1 Å². The van der Waals surface area contributed by atoms with Crippen LogP contribution in [0.1, 0.15) is 27.0 Å². The van der Waals surface area contributed by atoms with Crippen molar-refractivity contribution in [3.05, 3.63) is 70.5 Å². The van der Waals surface area contributed by atoms with Gasteiger partial charge in [0.05, 0.1) is 6.54 Å². The summed E-state index contributed by atoms with van der Waals surface area (Å²) in [6.45, 7) is 4.64. The van der Waals surface area contributed by atoms with Crippen molar-refractivity contribution in [1.82, 2.24) is 4.90 Å². The highest BCUT2D eigenvalue weighted by Gasteiger charge is 2.13. The molecule has 0 radical (unpaired) electrons. The summed E-state index contributed by atoms with van der Waals surface area (Å²) < 4.78 is 13.6. The molecule has 0 saturated carbocycles. The fourth-order valence-corrected chi connectivity index (χ4v) is 2.43. The fraction of sp³-hybridized carbons (Fsp3) is 0.278. The maximum atomic E-state index is 13.6. The van der Waals surface area contributed by atoms with Crippen LogP contribution in [0.3, 0.4) is 0 Å². The predicted octanol–water partition coefficient (Wildman–Crippen LogP) is 3.76. The van der Waals surface area contributed by atoms with Crippen molar-refractivity contribution in [3.63, 3.8) is 0 Å². The van der Waals surface area contributed by atoms with Gasteiger partial charge in [0.2, 0.25) is 0 Å². The van der Waals surface area contributed by atoms with Gasteiger partial charge in [0.15, 0.2) is 5.78 Å². The molecule has 0 atom stereocenters. The van der Waals surface area contributed by atoms with Gasteiger partial charge < -0.3 is 0 Å². The van der Waals surface area contributed by atoms with Gasteiger partial charge in [-0.2, -0.15) is 0 Å². The van der Waals surface area contributed by atoms with Gasteiger partial charge in [0, 0.05) is 17.7 Å². The van der Waals surface area contributed by atoms with Crippen LogP contribution in [0.4, 0.5) is 4.39 Å². The second-order valence-electron chi connectivity index (χ2n) is 5.51. The molecule has 2 aromatic rings. The summed E-state index contributed by atoms with van der Waals surface area (Å²) in [7, 11) is 1.83. The molecule has 0 heterocycles. The van der Waals surface area contributed by atoms with Gasteiger partial charge in [0.1, 0.15) is 5.82 Å². The van der Waals surface area contributed by atoms with Crippen molar-refractivity contribution in [1.29, 1.82) is 0 Å². The molecular weight excluding hydrogens is 265 g/mol. The quantitative estimate of drug-likeness (QED) is 0.780. The largest absolute Gasteiger partial charge is 0.294 e. The molecule has 0 aromatic heterocycles. The Morgan fingerprint density at radius 2 is 1.86 bits per heavy atom. The molecule has 110 valence electrons. The highest BCUT2D eigenvalue weighted by molar-refractivity contribution is 5.98. The maximum absolute atomic E-state index is 13.6. The topological polar surface area (TPSA) is 20.3 Å². The second-order valence-corrected chi connectivity index (χ2v) is 5.51. The Hall–Kier alpha value is -2.00. The Labute approximate surface area is 125 Å². The molecule has 0 saturated heterocycles. The number of nitrogens with zero attached hydrogens (tertiary/aromatic N) is 1. The molecule has 0 aliphatic heterocycles. The van der Waals surface area contributed by atoms with E-state index in [2.05, 4.69) is 0 Å². The molecule has 21 heavy (non-hydrogen) atoms. The lowest BCUT2D eigenvalue weighted by Gasteiger charge is -2.17. The Morgan fingerprint density at radius 3 is 2.52 bits per heavy atom. The lowest BCUT2D eigenvalue weighted by molar-refractivity contribution is 0.0942. The summed E-state index contributed by atoms with van der Waals surface area (Å²) in [6.07, 6.45) is 0. The van der Waals surface area contributed by atoms with Crippen LogP contribution in [-0.4, -0.2) is 24.3 Å². The number of aryl methyl sites for hydroxylation is 2. The molecule has 0 fully saturated rings. The number of carbonyl (C=O) groups is 1. The van der Waals surface area contributed by atoms with Crippen LogP contribution < -0.4 is 0 Å². The van der Waals surface area contributed by atoms with Gasteiger partial charge in [-0.15, -0.1) is 0 Å². The third-order valence-electron chi connectivity index (χ3n) is 3.49. The maximum Gasteiger partial charge on any atom is 0.177 e. The summed E-state index contributed by atoms with van der Waals surface area (Å²) in [5, 5.41) is 0. The number of rotatable bonds is 5. The van der Waals surface area contributed by atoms with E-state index in [1.54, 1.807) is 18.2 Å². The Balaban J connectivity index is 2.04. The molecule has 0 spiro atoms. The monoisotopic (exact) mass is 285 g/mol. The van der Waals surface area contributed by atoms with E-state index in [0.717, 1.165) is 16.7 Å². The van der Waals surface area contributed by atoms with Crippen molar-refractivity contribution in [3.8, 4) is 0 Å². The minimum atomic E-state index is -0.233.